The minimum Gasteiger partial charge on any atom is -0.355 e. The number of rotatable bonds is 1. The third-order valence-corrected chi connectivity index (χ3v) is 2.29. The zero-order chi connectivity index (χ0) is 9.97. The highest BCUT2D eigenvalue weighted by molar-refractivity contribution is 5.40. The van der Waals surface area contributed by atoms with Gasteiger partial charge in [0.25, 0.3) is 0 Å². The van der Waals surface area contributed by atoms with Gasteiger partial charge < -0.3 is 10.6 Å². The van der Waals surface area contributed by atoms with Crippen molar-refractivity contribution in [2.45, 2.75) is 12.5 Å². The second-order valence-corrected chi connectivity index (χ2v) is 3.35. The predicted molar refractivity (Wildman–Crippen MR) is 51.6 cm³/mol. The van der Waals surface area contributed by atoms with Gasteiger partial charge in [-0.3, -0.25) is 0 Å². The molecule has 0 saturated carbocycles. The Morgan fingerprint density at radius 2 is 2.50 bits per heavy atom. The van der Waals surface area contributed by atoms with Gasteiger partial charge in [0, 0.05) is 25.3 Å². The summed E-state index contributed by atoms with van der Waals surface area (Å²) in [5.41, 5.74) is 5.78. The first-order chi connectivity index (χ1) is 6.79. The molecule has 14 heavy (non-hydrogen) atoms. The fourth-order valence-electron chi connectivity index (χ4n) is 1.57. The van der Waals surface area contributed by atoms with Gasteiger partial charge in [0.2, 0.25) is 5.82 Å². The molecular formula is C9H11N5. The molecule has 1 atom stereocenters. The lowest BCUT2D eigenvalue weighted by Gasteiger charge is -2.15. The van der Waals surface area contributed by atoms with E-state index in [2.05, 4.69) is 14.9 Å². The quantitative estimate of drug-likeness (QED) is 0.666. The zero-order valence-corrected chi connectivity index (χ0v) is 7.72. The second kappa shape index (κ2) is 3.60. The lowest BCUT2D eigenvalue weighted by atomic mass is 10.3. The molecule has 1 aromatic rings. The van der Waals surface area contributed by atoms with Crippen LogP contribution in [0.25, 0.3) is 0 Å². The average Bonchev–Trinajstić information content (AvgIpc) is 2.65. The van der Waals surface area contributed by atoms with Crippen molar-refractivity contribution in [1.29, 1.82) is 5.26 Å². The van der Waals surface area contributed by atoms with E-state index in [1.807, 2.05) is 6.07 Å². The van der Waals surface area contributed by atoms with Crippen molar-refractivity contribution in [2.75, 3.05) is 18.0 Å². The van der Waals surface area contributed by atoms with Gasteiger partial charge in [0.15, 0.2) is 0 Å². The SMILES string of the molecule is N#Cc1nccc(N2CCC(N)C2)n1. The lowest BCUT2D eigenvalue weighted by molar-refractivity contribution is 0.751. The van der Waals surface area contributed by atoms with E-state index in [9.17, 15) is 0 Å². The second-order valence-electron chi connectivity index (χ2n) is 3.35. The number of hydrogen-bond acceptors (Lipinski definition) is 5. The van der Waals surface area contributed by atoms with Gasteiger partial charge in [-0.2, -0.15) is 5.26 Å². The van der Waals surface area contributed by atoms with Gasteiger partial charge in [0.05, 0.1) is 0 Å². The highest BCUT2D eigenvalue weighted by Crippen LogP contribution is 2.16. The molecule has 1 aliphatic heterocycles. The molecule has 1 fully saturated rings. The summed E-state index contributed by atoms with van der Waals surface area (Å²) in [5, 5.41) is 8.64. The maximum atomic E-state index is 8.64. The van der Waals surface area contributed by atoms with E-state index in [0.29, 0.717) is 0 Å². The van der Waals surface area contributed by atoms with Crippen LogP contribution >= 0.6 is 0 Å². The normalized spacial score (nSPS) is 20.9. The first kappa shape index (κ1) is 8.91. The highest BCUT2D eigenvalue weighted by Gasteiger charge is 2.20. The van der Waals surface area contributed by atoms with Gasteiger partial charge in [0.1, 0.15) is 11.9 Å². The maximum absolute atomic E-state index is 8.64. The van der Waals surface area contributed by atoms with Gasteiger partial charge in [-0.05, 0) is 12.5 Å². The van der Waals surface area contributed by atoms with Crippen LogP contribution in [0.1, 0.15) is 12.2 Å². The first-order valence-electron chi connectivity index (χ1n) is 4.53. The van der Waals surface area contributed by atoms with E-state index in [0.717, 1.165) is 25.3 Å². The molecule has 2 rings (SSSR count). The molecule has 0 amide bonds. The number of aromatic nitrogens is 2. The largest absolute Gasteiger partial charge is 0.355 e. The Bertz CT molecular complexity index is 370. The summed E-state index contributed by atoms with van der Waals surface area (Å²) in [5.74, 6) is 1.01. The number of hydrogen-bond donors (Lipinski definition) is 1. The smallest absolute Gasteiger partial charge is 0.234 e. The summed E-state index contributed by atoms with van der Waals surface area (Å²) in [7, 11) is 0. The third kappa shape index (κ3) is 1.65. The summed E-state index contributed by atoms with van der Waals surface area (Å²) in [4.78, 5) is 10.0. The van der Waals surface area contributed by atoms with Crippen LogP contribution in [0, 0.1) is 11.3 Å². The lowest BCUT2D eigenvalue weighted by Crippen LogP contribution is -2.27. The Labute approximate surface area is 82.2 Å². The standard InChI is InChI=1S/C9H11N5/c10-5-8-12-3-1-9(13-8)14-4-2-7(11)6-14/h1,3,7H,2,4,6,11H2. The van der Waals surface area contributed by atoms with Crippen LogP contribution in [0.4, 0.5) is 5.82 Å². The Kier molecular flexibility index (Phi) is 2.29. The fourth-order valence-corrected chi connectivity index (χ4v) is 1.57. The number of anilines is 1. The van der Waals surface area contributed by atoms with Crippen LogP contribution in [-0.4, -0.2) is 29.1 Å². The highest BCUT2D eigenvalue weighted by atomic mass is 15.2. The van der Waals surface area contributed by atoms with Crippen molar-refractivity contribution in [3.05, 3.63) is 18.1 Å². The third-order valence-electron chi connectivity index (χ3n) is 2.29. The molecule has 1 saturated heterocycles. The molecule has 5 nitrogen and oxygen atoms in total. The van der Waals surface area contributed by atoms with Gasteiger partial charge in [-0.1, -0.05) is 0 Å². The van der Waals surface area contributed by atoms with Crippen molar-refractivity contribution in [2.24, 2.45) is 5.73 Å². The minimum absolute atomic E-state index is 0.211. The number of nitrogens with two attached hydrogens (primary N) is 1. The van der Waals surface area contributed by atoms with Crippen molar-refractivity contribution >= 4 is 5.82 Å². The molecule has 2 N–H and O–H groups in total. The van der Waals surface area contributed by atoms with E-state index in [-0.39, 0.29) is 11.9 Å². The topological polar surface area (TPSA) is 78.8 Å². The summed E-state index contributed by atoms with van der Waals surface area (Å²) in [6.45, 7) is 1.71. The van der Waals surface area contributed by atoms with E-state index in [1.165, 1.54) is 0 Å². The van der Waals surface area contributed by atoms with Crippen molar-refractivity contribution in [3.8, 4) is 6.07 Å². The molecule has 5 heteroatoms. The van der Waals surface area contributed by atoms with Crippen LogP contribution in [0.2, 0.25) is 0 Å². The molecule has 0 aliphatic carbocycles. The average molecular weight is 189 g/mol. The van der Waals surface area contributed by atoms with Gasteiger partial charge >= 0.3 is 0 Å². The maximum Gasteiger partial charge on any atom is 0.234 e. The van der Waals surface area contributed by atoms with Crippen molar-refractivity contribution in [1.82, 2.24) is 9.97 Å². The molecule has 0 aromatic carbocycles. The molecule has 2 heterocycles. The van der Waals surface area contributed by atoms with E-state index < -0.39 is 0 Å². The molecule has 1 unspecified atom stereocenters. The van der Waals surface area contributed by atoms with E-state index in [1.54, 1.807) is 12.3 Å². The Morgan fingerprint density at radius 3 is 3.14 bits per heavy atom. The van der Waals surface area contributed by atoms with Gasteiger partial charge in [-0.15, -0.1) is 0 Å². The molecule has 0 radical (unpaired) electrons. The molecule has 1 aromatic heterocycles. The van der Waals surface area contributed by atoms with Crippen molar-refractivity contribution in [3.63, 3.8) is 0 Å². The fraction of sp³-hybridized carbons (Fsp3) is 0.444. The van der Waals surface area contributed by atoms with Crippen LogP contribution in [0.15, 0.2) is 12.3 Å². The molecule has 0 bridgehead atoms. The van der Waals surface area contributed by atoms with E-state index in [4.69, 9.17) is 11.0 Å². The molecule has 72 valence electrons. The van der Waals surface area contributed by atoms with Crippen LogP contribution in [0.3, 0.4) is 0 Å². The van der Waals surface area contributed by atoms with Crippen LogP contribution < -0.4 is 10.6 Å². The van der Waals surface area contributed by atoms with Gasteiger partial charge in [-0.25, -0.2) is 9.97 Å². The Balaban J connectivity index is 2.20. The van der Waals surface area contributed by atoms with E-state index >= 15 is 0 Å². The molecular weight excluding hydrogens is 178 g/mol. The summed E-state index contributed by atoms with van der Waals surface area (Å²) < 4.78 is 0. The van der Waals surface area contributed by atoms with Crippen LogP contribution in [-0.2, 0) is 0 Å². The molecule has 0 spiro atoms. The summed E-state index contributed by atoms with van der Waals surface area (Å²) >= 11 is 0. The van der Waals surface area contributed by atoms with Crippen LogP contribution in [0.5, 0.6) is 0 Å². The Hall–Kier alpha value is -1.67. The van der Waals surface area contributed by atoms with Crippen molar-refractivity contribution < 1.29 is 0 Å². The summed E-state index contributed by atoms with van der Waals surface area (Å²) in [6, 6.07) is 3.94. The Morgan fingerprint density at radius 1 is 1.64 bits per heavy atom. The first-order valence-corrected chi connectivity index (χ1v) is 4.53. The monoisotopic (exact) mass is 189 g/mol. The predicted octanol–water partition coefficient (Wildman–Crippen LogP) is -0.114. The number of nitrogens with zero attached hydrogens (tertiary/aromatic N) is 4. The summed E-state index contributed by atoms with van der Waals surface area (Å²) in [6.07, 6.45) is 2.58. The molecule has 1 aliphatic rings. The number of nitriles is 1. The minimum atomic E-state index is 0.211. The zero-order valence-electron chi connectivity index (χ0n) is 7.72.